The molecule has 3 aliphatic heterocycles. The minimum absolute atomic E-state index is 0.200. The highest BCUT2D eigenvalue weighted by molar-refractivity contribution is 6.27. The Balaban J connectivity index is 1.04. The number of rotatable bonds is 6. The van der Waals surface area contributed by atoms with Crippen LogP contribution in [-0.2, 0) is 22.7 Å². The third-order valence-corrected chi connectivity index (χ3v) is 8.53. The molecular weight excluding hydrogens is 549 g/mol. The molecule has 0 radical (unpaired) electrons. The number of benzene rings is 3. The van der Waals surface area contributed by atoms with Crippen molar-refractivity contribution in [3.8, 4) is 0 Å². The Morgan fingerprint density at radius 1 is 0.977 bits per heavy atom. The van der Waals surface area contributed by atoms with Crippen LogP contribution < -0.4 is 15.1 Å². The number of hydrogen-bond acceptors (Lipinski definition) is 6. The lowest BCUT2D eigenvalue weighted by Gasteiger charge is -2.36. The van der Waals surface area contributed by atoms with E-state index in [4.69, 9.17) is 11.7 Å². The fourth-order valence-electron chi connectivity index (χ4n) is 6.39. The van der Waals surface area contributed by atoms with E-state index in [1.54, 1.807) is 18.2 Å². The summed E-state index contributed by atoms with van der Waals surface area (Å²) in [6, 6.07) is 15.4. The molecule has 3 aliphatic rings. The predicted molar refractivity (Wildman–Crippen MR) is 158 cm³/mol. The smallest absolute Gasteiger partial charge is 0.259 e. The van der Waals surface area contributed by atoms with Gasteiger partial charge < -0.3 is 4.90 Å². The number of piperidine rings is 1. The molecule has 4 heterocycles. The van der Waals surface area contributed by atoms with Gasteiger partial charge in [-0.3, -0.25) is 34.2 Å². The Labute approximate surface area is 247 Å². The molecule has 3 amide bonds. The zero-order valence-electron chi connectivity index (χ0n) is 23.3. The molecule has 1 aromatic heterocycles. The van der Waals surface area contributed by atoms with Gasteiger partial charge in [0.25, 0.3) is 5.91 Å². The summed E-state index contributed by atoms with van der Waals surface area (Å²) >= 11 is 0. The van der Waals surface area contributed by atoms with Gasteiger partial charge >= 0.3 is 0 Å². The molecule has 7 rings (SSSR count). The SMILES string of the molecule is [C-]#[N+]c1ccc(N2CCN(Cc3ccn(Cc4ccc5c6c(cccc46)C(=O)N5C4CCC(=O)NC4=O)n3)CC2)c(F)c1. The summed E-state index contributed by atoms with van der Waals surface area (Å²) in [5.41, 5.74) is 4.02. The number of imide groups is 1. The largest absolute Gasteiger partial charge is 0.367 e. The van der Waals surface area contributed by atoms with E-state index >= 15 is 0 Å². The Bertz CT molecular complexity index is 1840. The van der Waals surface area contributed by atoms with Gasteiger partial charge in [-0.1, -0.05) is 24.3 Å². The van der Waals surface area contributed by atoms with E-state index in [0.717, 1.165) is 35.1 Å². The Morgan fingerprint density at radius 3 is 2.56 bits per heavy atom. The van der Waals surface area contributed by atoms with Crippen molar-refractivity contribution in [2.45, 2.75) is 32.0 Å². The molecule has 43 heavy (non-hydrogen) atoms. The molecule has 0 bridgehead atoms. The van der Waals surface area contributed by atoms with Crippen molar-refractivity contribution in [1.82, 2.24) is 20.0 Å². The van der Waals surface area contributed by atoms with Crippen molar-refractivity contribution in [3.05, 3.63) is 94.8 Å². The number of nitrogens with zero attached hydrogens (tertiary/aromatic N) is 6. The van der Waals surface area contributed by atoms with Crippen molar-refractivity contribution in [3.63, 3.8) is 0 Å². The molecule has 10 nitrogen and oxygen atoms in total. The molecule has 0 saturated carbocycles. The van der Waals surface area contributed by atoms with Crippen LogP contribution in [0, 0.1) is 12.4 Å². The monoisotopic (exact) mass is 577 g/mol. The molecule has 1 unspecified atom stereocenters. The van der Waals surface area contributed by atoms with Gasteiger partial charge in [0.2, 0.25) is 11.8 Å². The zero-order valence-corrected chi connectivity index (χ0v) is 23.3. The first-order valence-electron chi connectivity index (χ1n) is 14.3. The second-order valence-corrected chi connectivity index (χ2v) is 11.1. The molecule has 0 spiro atoms. The van der Waals surface area contributed by atoms with Crippen LogP contribution in [0.15, 0.2) is 60.8 Å². The molecule has 1 atom stereocenters. The third-order valence-electron chi connectivity index (χ3n) is 8.53. The molecule has 11 heteroatoms. The Kier molecular flexibility index (Phi) is 6.63. The van der Waals surface area contributed by atoms with Crippen molar-refractivity contribution in [2.24, 2.45) is 0 Å². The van der Waals surface area contributed by atoms with E-state index in [2.05, 4.69) is 15.1 Å². The van der Waals surface area contributed by atoms with Gasteiger partial charge in [0.1, 0.15) is 11.9 Å². The molecule has 3 aromatic carbocycles. The highest BCUT2D eigenvalue weighted by Gasteiger charge is 2.40. The lowest BCUT2D eigenvalue weighted by molar-refractivity contribution is -0.134. The van der Waals surface area contributed by atoms with Gasteiger partial charge in [0.05, 0.1) is 30.2 Å². The van der Waals surface area contributed by atoms with E-state index in [1.165, 1.54) is 11.0 Å². The quantitative estimate of drug-likeness (QED) is 0.276. The third kappa shape index (κ3) is 4.79. The minimum atomic E-state index is -0.716. The number of hydrogen-bond donors (Lipinski definition) is 1. The summed E-state index contributed by atoms with van der Waals surface area (Å²) in [4.78, 5) is 46.8. The molecule has 216 valence electrons. The summed E-state index contributed by atoms with van der Waals surface area (Å²) in [5, 5.41) is 8.93. The zero-order chi connectivity index (χ0) is 29.7. The first-order chi connectivity index (χ1) is 20.9. The van der Waals surface area contributed by atoms with Crippen LogP contribution in [-0.4, -0.2) is 64.6 Å². The van der Waals surface area contributed by atoms with E-state index in [-0.39, 0.29) is 24.1 Å². The van der Waals surface area contributed by atoms with Gasteiger partial charge in [-0.05, 0) is 47.7 Å². The van der Waals surface area contributed by atoms with Crippen LogP contribution in [0.25, 0.3) is 15.6 Å². The van der Waals surface area contributed by atoms with Gasteiger partial charge in [0, 0.05) is 56.3 Å². The number of amides is 3. The van der Waals surface area contributed by atoms with E-state index in [0.29, 0.717) is 55.2 Å². The van der Waals surface area contributed by atoms with Crippen molar-refractivity contribution < 1.29 is 18.8 Å². The molecule has 2 fully saturated rings. The number of carbonyl (C=O) groups excluding carboxylic acids is 3. The first kappa shape index (κ1) is 26.8. The summed E-state index contributed by atoms with van der Waals surface area (Å²) in [5.74, 6) is -1.35. The van der Waals surface area contributed by atoms with Gasteiger partial charge in [0.15, 0.2) is 5.69 Å². The average Bonchev–Trinajstić information content (AvgIpc) is 3.57. The van der Waals surface area contributed by atoms with E-state index in [9.17, 15) is 18.8 Å². The highest BCUT2D eigenvalue weighted by Crippen LogP contribution is 2.41. The van der Waals surface area contributed by atoms with Gasteiger partial charge in [-0.15, -0.1) is 0 Å². The van der Waals surface area contributed by atoms with Crippen molar-refractivity contribution in [1.29, 1.82) is 0 Å². The maximum absolute atomic E-state index is 14.5. The minimum Gasteiger partial charge on any atom is -0.367 e. The number of piperazine rings is 1. The number of anilines is 2. The summed E-state index contributed by atoms with van der Waals surface area (Å²) in [7, 11) is 0. The first-order valence-corrected chi connectivity index (χ1v) is 14.3. The summed E-state index contributed by atoms with van der Waals surface area (Å²) in [6.45, 7) is 11.2. The summed E-state index contributed by atoms with van der Waals surface area (Å²) in [6.07, 6.45) is 2.45. The Hall–Kier alpha value is -5.08. The second-order valence-electron chi connectivity index (χ2n) is 11.1. The molecule has 0 aliphatic carbocycles. The molecule has 1 N–H and O–H groups in total. The highest BCUT2D eigenvalue weighted by atomic mass is 19.1. The lowest BCUT2D eigenvalue weighted by Crippen LogP contribution is -2.53. The fraction of sp³-hybridized carbons (Fsp3) is 0.281. The maximum Gasteiger partial charge on any atom is 0.259 e. The second kappa shape index (κ2) is 10.6. The number of nitrogens with one attached hydrogen (secondary N) is 1. The normalized spacial score (nSPS) is 18.8. The van der Waals surface area contributed by atoms with Crippen LogP contribution >= 0.6 is 0 Å². The number of halogens is 1. The van der Waals surface area contributed by atoms with Crippen LogP contribution in [0.4, 0.5) is 21.5 Å². The number of aromatic nitrogens is 2. The van der Waals surface area contributed by atoms with E-state index in [1.807, 2.05) is 46.1 Å². The molecular formula is C32H28FN7O3. The van der Waals surface area contributed by atoms with E-state index < -0.39 is 11.9 Å². The van der Waals surface area contributed by atoms with Gasteiger partial charge in [-0.2, -0.15) is 5.10 Å². The maximum atomic E-state index is 14.5. The van der Waals surface area contributed by atoms with Crippen LogP contribution in [0.5, 0.6) is 0 Å². The fourth-order valence-corrected chi connectivity index (χ4v) is 6.39. The summed E-state index contributed by atoms with van der Waals surface area (Å²) < 4.78 is 16.4. The van der Waals surface area contributed by atoms with Crippen LogP contribution in [0.3, 0.4) is 0 Å². The van der Waals surface area contributed by atoms with Gasteiger partial charge in [-0.25, -0.2) is 9.24 Å². The predicted octanol–water partition coefficient (Wildman–Crippen LogP) is 3.86. The number of carbonyl (C=O) groups is 3. The van der Waals surface area contributed by atoms with Crippen molar-refractivity contribution >= 4 is 45.6 Å². The van der Waals surface area contributed by atoms with Crippen LogP contribution in [0.2, 0.25) is 0 Å². The molecule has 2 saturated heterocycles. The lowest BCUT2D eigenvalue weighted by atomic mass is 10.00. The topological polar surface area (TPSA) is 95.1 Å². The van der Waals surface area contributed by atoms with Crippen LogP contribution in [0.1, 0.15) is 34.5 Å². The van der Waals surface area contributed by atoms with Crippen molar-refractivity contribution in [2.75, 3.05) is 36.0 Å². The Morgan fingerprint density at radius 2 is 1.79 bits per heavy atom. The molecule has 4 aromatic rings. The standard InChI is InChI=1S/C32H28FN7O3/c1-34-21-6-8-26(25(33)17-21)38-15-13-37(14-16-38)19-22-11-12-39(36-22)18-20-5-7-27-30-23(20)3-2-4-24(30)32(43)40(27)28-9-10-29(41)35-31(28)42/h2-8,11-12,17,28H,9-10,13-16,18-19H2,(H,35,41,42). The average molecular weight is 578 g/mol.